The number of benzene rings is 1. The number of fused-ring (bicyclic) bond motifs is 2. The molecule has 0 N–H and O–H groups in total. The number of hydrogen-bond acceptors (Lipinski definition) is 3. The van der Waals surface area contributed by atoms with Gasteiger partial charge < -0.3 is 0 Å². The van der Waals surface area contributed by atoms with Crippen LogP contribution in [0.4, 0.5) is 0 Å². The minimum Gasteiger partial charge on any atom is -0.295 e. The van der Waals surface area contributed by atoms with Crippen molar-refractivity contribution in [1.29, 1.82) is 0 Å². The number of carbonyl (C=O) groups is 1. The lowest BCUT2D eigenvalue weighted by Gasteiger charge is -2.16. The highest BCUT2D eigenvalue weighted by Gasteiger charge is 2.16. The molecule has 3 heteroatoms. The summed E-state index contributed by atoms with van der Waals surface area (Å²) >= 11 is 0. The minimum absolute atomic E-state index is 0.0512. The quantitative estimate of drug-likeness (QED) is 0.716. The molecule has 0 atom stereocenters. The molecule has 1 aliphatic carbocycles. The van der Waals surface area contributed by atoms with Crippen molar-refractivity contribution in [3.05, 3.63) is 41.7 Å². The third-order valence-corrected chi connectivity index (χ3v) is 3.37. The zero-order chi connectivity index (χ0) is 12.7. The molecule has 0 unspecified atom stereocenters. The van der Waals surface area contributed by atoms with Gasteiger partial charge in [-0.1, -0.05) is 6.58 Å². The highest BCUT2D eigenvalue weighted by molar-refractivity contribution is 5.97. The minimum atomic E-state index is 0.0512. The number of rotatable bonds is 1. The molecule has 0 radical (unpaired) electrons. The van der Waals surface area contributed by atoms with E-state index in [0.717, 1.165) is 47.3 Å². The summed E-state index contributed by atoms with van der Waals surface area (Å²) in [7, 11) is 0. The molecule has 0 spiro atoms. The molecule has 0 bridgehead atoms. The average molecular weight is 238 g/mol. The van der Waals surface area contributed by atoms with Crippen LogP contribution in [0.1, 0.15) is 41.5 Å². The highest BCUT2D eigenvalue weighted by atomic mass is 16.1. The Morgan fingerprint density at radius 3 is 2.83 bits per heavy atom. The van der Waals surface area contributed by atoms with E-state index in [1.54, 1.807) is 6.92 Å². The van der Waals surface area contributed by atoms with Gasteiger partial charge in [0.25, 0.3) is 0 Å². The van der Waals surface area contributed by atoms with Gasteiger partial charge in [-0.3, -0.25) is 4.79 Å². The standard InChI is InChI=1S/C15H14N2O/c1-9-4-3-5-13-15(9)17-14-8-11(10(2)18)6-7-12(14)16-13/h6-8H,1,3-5H2,2H3. The van der Waals surface area contributed by atoms with Crippen molar-refractivity contribution in [2.45, 2.75) is 26.2 Å². The van der Waals surface area contributed by atoms with E-state index in [9.17, 15) is 4.79 Å². The van der Waals surface area contributed by atoms with Gasteiger partial charge >= 0.3 is 0 Å². The molecule has 1 aromatic heterocycles. The number of hydrogen-bond donors (Lipinski definition) is 0. The van der Waals surface area contributed by atoms with E-state index in [-0.39, 0.29) is 5.78 Å². The van der Waals surface area contributed by atoms with Gasteiger partial charge in [0, 0.05) is 5.56 Å². The van der Waals surface area contributed by atoms with Crippen LogP contribution in [0.25, 0.3) is 16.6 Å². The van der Waals surface area contributed by atoms with Crippen LogP contribution in [-0.2, 0) is 6.42 Å². The fourth-order valence-corrected chi connectivity index (χ4v) is 2.35. The zero-order valence-electron chi connectivity index (χ0n) is 10.4. The van der Waals surface area contributed by atoms with Gasteiger partial charge in [-0.25, -0.2) is 9.97 Å². The molecule has 0 saturated heterocycles. The first-order valence-corrected chi connectivity index (χ1v) is 6.15. The molecule has 1 aromatic carbocycles. The fraction of sp³-hybridized carbons (Fsp3) is 0.267. The lowest BCUT2D eigenvalue weighted by Crippen LogP contribution is -2.07. The largest absolute Gasteiger partial charge is 0.295 e. The lowest BCUT2D eigenvalue weighted by molar-refractivity contribution is 0.101. The van der Waals surface area contributed by atoms with Gasteiger partial charge in [0.2, 0.25) is 0 Å². The van der Waals surface area contributed by atoms with Crippen LogP contribution in [0.3, 0.4) is 0 Å². The van der Waals surface area contributed by atoms with Gasteiger partial charge in [0.1, 0.15) is 0 Å². The van der Waals surface area contributed by atoms with Crippen molar-refractivity contribution >= 4 is 22.4 Å². The third kappa shape index (κ3) is 1.72. The summed E-state index contributed by atoms with van der Waals surface area (Å²) < 4.78 is 0. The number of nitrogens with zero attached hydrogens (tertiary/aromatic N) is 2. The van der Waals surface area contributed by atoms with Crippen molar-refractivity contribution in [1.82, 2.24) is 9.97 Å². The molecule has 18 heavy (non-hydrogen) atoms. The fourth-order valence-electron chi connectivity index (χ4n) is 2.35. The van der Waals surface area contributed by atoms with Crippen LogP contribution in [0.5, 0.6) is 0 Å². The molecule has 3 rings (SSSR count). The number of allylic oxidation sites excluding steroid dienone is 1. The van der Waals surface area contributed by atoms with E-state index >= 15 is 0 Å². The van der Waals surface area contributed by atoms with E-state index in [2.05, 4.69) is 16.5 Å². The number of aromatic nitrogens is 2. The van der Waals surface area contributed by atoms with Crippen LogP contribution in [0, 0.1) is 0 Å². The van der Waals surface area contributed by atoms with Crippen LogP contribution < -0.4 is 0 Å². The molecule has 0 saturated carbocycles. The Morgan fingerprint density at radius 2 is 2.06 bits per heavy atom. The Kier molecular flexibility index (Phi) is 2.47. The first-order chi connectivity index (χ1) is 8.65. The van der Waals surface area contributed by atoms with Gasteiger partial charge in [-0.2, -0.15) is 0 Å². The van der Waals surface area contributed by atoms with Crippen LogP contribution >= 0.6 is 0 Å². The smallest absolute Gasteiger partial charge is 0.159 e. The maximum atomic E-state index is 11.4. The summed E-state index contributed by atoms with van der Waals surface area (Å²) in [6, 6.07) is 5.49. The Balaban J connectivity index is 2.24. The van der Waals surface area contributed by atoms with Crippen molar-refractivity contribution in [2.75, 3.05) is 0 Å². The number of Topliss-reactive ketones (excluding diaryl/α,β-unsaturated/α-hetero) is 1. The van der Waals surface area contributed by atoms with E-state index in [1.807, 2.05) is 18.2 Å². The second kappa shape index (κ2) is 4.02. The number of carbonyl (C=O) groups excluding carboxylic acids is 1. The summed E-state index contributed by atoms with van der Waals surface area (Å²) in [5.41, 5.74) is 5.33. The summed E-state index contributed by atoms with van der Waals surface area (Å²) in [5.74, 6) is 0.0512. The molecule has 0 fully saturated rings. The van der Waals surface area contributed by atoms with Gasteiger partial charge in [-0.15, -0.1) is 0 Å². The zero-order valence-corrected chi connectivity index (χ0v) is 10.4. The lowest BCUT2D eigenvalue weighted by atomic mass is 9.96. The molecule has 0 amide bonds. The van der Waals surface area contributed by atoms with Gasteiger partial charge in [0.05, 0.1) is 22.4 Å². The molecule has 0 aliphatic heterocycles. The topological polar surface area (TPSA) is 42.9 Å². The summed E-state index contributed by atoms with van der Waals surface area (Å²) in [4.78, 5) is 20.6. The Morgan fingerprint density at radius 1 is 1.22 bits per heavy atom. The second-order valence-electron chi connectivity index (χ2n) is 4.74. The first kappa shape index (κ1) is 11.1. The SMILES string of the molecule is C=C1CCCc2nc3ccc(C(C)=O)cc3nc21. The Hall–Kier alpha value is -2.03. The normalized spacial score (nSPS) is 14.6. The van der Waals surface area contributed by atoms with E-state index in [1.165, 1.54) is 0 Å². The van der Waals surface area contributed by atoms with Crippen molar-refractivity contribution < 1.29 is 4.79 Å². The Bertz CT molecular complexity index is 673. The van der Waals surface area contributed by atoms with Crippen molar-refractivity contribution in [3.63, 3.8) is 0 Å². The predicted octanol–water partition coefficient (Wildman–Crippen LogP) is 3.18. The molecule has 3 nitrogen and oxygen atoms in total. The van der Waals surface area contributed by atoms with Crippen molar-refractivity contribution in [3.8, 4) is 0 Å². The van der Waals surface area contributed by atoms with Crippen LogP contribution in [0.2, 0.25) is 0 Å². The molecular weight excluding hydrogens is 224 g/mol. The van der Waals surface area contributed by atoms with Gasteiger partial charge in [-0.05, 0) is 50.0 Å². The molecule has 1 heterocycles. The third-order valence-electron chi connectivity index (χ3n) is 3.37. The second-order valence-corrected chi connectivity index (χ2v) is 4.74. The number of aryl methyl sites for hydroxylation is 1. The molecule has 2 aromatic rings. The van der Waals surface area contributed by atoms with E-state index in [4.69, 9.17) is 0 Å². The Labute approximate surface area is 106 Å². The van der Waals surface area contributed by atoms with Crippen molar-refractivity contribution in [2.24, 2.45) is 0 Å². The molecule has 1 aliphatic rings. The van der Waals surface area contributed by atoms with Crippen LogP contribution in [0.15, 0.2) is 24.8 Å². The van der Waals surface area contributed by atoms with E-state index in [0.29, 0.717) is 5.56 Å². The van der Waals surface area contributed by atoms with Crippen LogP contribution in [-0.4, -0.2) is 15.8 Å². The average Bonchev–Trinajstić information content (AvgIpc) is 2.36. The van der Waals surface area contributed by atoms with E-state index < -0.39 is 0 Å². The summed E-state index contributed by atoms with van der Waals surface area (Å²) in [5, 5.41) is 0. The predicted molar refractivity (Wildman–Crippen MR) is 71.5 cm³/mol. The maximum Gasteiger partial charge on any atom is 0.159 e. The number of ketones is 1. The molecular formula is C15H14N2O. The summed E-state index contributed by atoms with van der Waals surface area (Å²) in [6.45, 7) is 5.61. The van der Waals surface area contributed by atoms with Gasteiger partial charge in [0.15, 0.2) is 5.78 Å². The summed E-state index contributed by atoms with van der Waals surface area (Å²) in [6.07, 6.45) is 3.04. The highest BCUT2D eigenvalue weighted by Crippen LogP contribution is 2.28. The first-order valence-electron chi connectivity index (χ1n) is 6.15. The molecule has 90 valence electrons. The maximum absolute atomic E-state index is 11.4. The monoisotopic (exact) mass is 238 g/mol.